The van der Waals surface area contributed by atoms with Crippen molar-refractivity contribution in [2.24, 2.45) is 5.73 Å². The highest BCUT2D eigenvalue weighted by Crippen LogP contribution is 2.09. The van der Waals surface area contributed by atoms with E-state index in [4.69, 9.17) is 10.5 Å². The summed E-state index contributed by atoms with van der Waals surface area (Å²) in [5.74, 6) is 0.0450. The van der Waals surface area contributed by atoms with Crippen LogP contribution in [0.1, 0.15) is 24.5 Å². The molecule has 0 heterocycles. The number of ether oxygens (including phenoxy) is 1. The predicted molar refractivity (Wildman–Crippen MR) is 84.8 cm³/mol. The molecule has 3 N–H and O–H groups in total. The quantitative estimate of drug-likeness (QED) is 0.670. The highest BCUT2D eigenvalue weighted by atomic mass is 16.5. The first-order chi connectivity index (χ1) is 10.1. The van der Waals surface area contributed by atoms with Crippen molar-refractivity contribution in [1.29, 1.82) is 0 Å². The van der Waals surface area contributed by atoms with Crippen LogP contribution in [-0.4, -0.2) is 44.2 Å². The fourth-order valence-electron chi connectivity index (χ4n) is 2.06. The highest BCUT2D eigenvalue weighted by Gasteiger charge is 2.17. The minimum absolute atomic E-state index is 0.0450. The minimum atomic E-state index is -0.172. The molecule has 5 nitrogen and oxygen atoms in total. The average Bonchev–Trinajstić information content (AvgIpc) is 2.50. The molecule has 0 aliphatic heterocycles. The van der Waals surface area contributed by atoms with E-state index in [0.717, 1.165) is 18.5 Å². The Bertz CT molecular complexity index is 437. The van der Waals surface area contributed by atoms with Crippen LogP contribution in [-0.2, 0) is 22.6 Å². The SMILES string of the molecule is COCCCNC(=O)C(C)N(C)Cc1cccc(CN)c1. The van der Waals surface area contributed by atoms with E-state index in [0.29, 0.717) is 19.7 Å². The van der Waals surface area contributed by atoms with Crippen LogP contribution in [0.25, 0.3) is 0 Å². The standard InChI is InChI=1S/C16H27N3O2/c1-13(16(20)18-8-5-9-21-3)19(2)12-15-7-4-6-14(10-15)11-17/h4,6-7,10,13H,5,8-9,11-12,17H2,1-3H3,(H,18,20). The third-order valence-electron chi connectivity index (χ3n) is 3.52. The van der Waals surface area contributed by atoms with E-state index in [9.17, 15) is 4.79 Å². The maximum absolute atomic E-state index is 12.0. The van der Waals surface area contributed by atoms with Gasteiger partial charge in [0.1, 0.15) is 0 Å². The molecular formula is C16H27N3O2. The Kier molecular flexibility index (Phi) is 7.97. The smallest absolute Gasteiger partial charge is 0.237 e. The van der Waals surface area contributed by atoms with Crippen molar-refractivity contribution >= 4 is 5.91 Å². The van der Waals surface area contributed by atoms with E-state index in [1.54, 1.807) is 7.11 Å². The fourth-order valence-corrected chi connectivity index (χ4v) is 2.06. The Balaban J connectivity index is 2.45. The number of hydrogen-bond donors (Lipinski definition) is 2. The highest BCUT2D eigenvalue weighted by molar-refractivity contribution is 5.81. The number of likely N-dealkylation sites (N-methyl/N-ethyl adjacent to an activating group) is 1. The fraction of sp³-hybridized carbons (Fsp3) is 0.562. The molecule has 1 amide bonds. The summed E-state index contributed by atoms with van der Waals surface area (Å²) in [7, 11) is 3.61. The number of hydrogen-bond acceptors (Lipinski definition) is 4. The van der Waals surface area contributed by atoms with Crippen LogP contribution < -0.4 is 11.1 Å². The molecule has 1 aromatic carbocycles. The van der Waals surface area contributed by atoms with Crippen LogP contribution >= 0.6 is 0 Å². The van der Waals surface area contributed by atoms with Crippen LogP contribution in [0.4, 0.5) is 0 Å². The molecule has 0 aliphatic carbocycles. The molecule has 0 aromatic heterocycles. The van der Waals surface area contributed by atoms with Gasteiger partial charge in [0.25, 0.3) is 0 Å². The summed E-state index contributed by atoms with van der Waals surface area (Å²) in [5, 5.41) is 2.93. The molecule has 1 unspecified atom stereocenters. The van der Waals surface area contributed by atoms with Crippen LogP contribution in [0.5, 0.6) is 0 Å². The number of nitrogens with two attached hydrogens (primary N) is 1. The zero-order valence-electron chi connectivity index (χ0n) is 13.3. The lowest BCUT2D eigenvalue weighted by Gasteiger charge is -2.24. The lowest BCUT2D eigenvalue weighted by molar-refractivity contribution is -0.125. The number of methoxy groups -OCH3 is 1. The molecule has 0 saturated carbocycles. The van der Waals surface area contributed by atoms with Crippen molar-refractivity contribution in [3.63, 3.8) is 0 Å². The number of benzene rings is 1. The number of carbonyl (C=O) groups excluding carboxylic acids is 1. The van der Waals surface area contributed by atoms with Crippen LogP contribution in [0.3, 0.4) is 0 Å². The molecule has 0 fully saturated rings. The summed E-state index contributed by atoms with van der Waals surface area (Å²) in [6.07, 6.45) is 0.831. The van der Waals surface area contributed by atoms with E-state index in [-0.39, 0.29) is 11.9 Å². The third-order valence-corrected chi connectivity index (χ3v) is 3.52. The summed E-state index contributed by atoms with van der Waals surface area (Å²) in [5.41, 5.74) is 7.92. The van der Waals surface area contributed by atoms with Gasteiger partial charge in [-0.15, -0.1) is 0 Å². The van der Waals surface area contributed by atoms with Gasteiger partial charge in [-0.05, 0) is 31.5 Å². The van der Waals surface area contributed by atoms with Gasteiger partial charge in [0.05, 0.1) is 6.04 Å². The van der Waals surface area contributed by atoms with Crippen LogP contribution in [0.15, 0.2) is 24.3 Å². The first kappa shape index (κ1) is 17.6. The molecule has 21 heavy (non-hydrogen) atoms. The molecule has 0 saturated heterocycles. The lowest BCUT2D eigenvalue weighted by Crippen LogP contribution is -2.43. The Morgan fingerprint density at radius 2 is 2.14 bits per heavy atom. The van der Waals surface area contributed by atoms with Gasteiger partial charge >= 0.3 is 0 Å². The summed E-state index contributed by atoms with van der Waals surface area (Å²) in [6.45, 7) is 4.48. The van der Waals surface area contributed by atoms with Gasteiger partial charge in [-0.3, -0.25) is 9.69 Å². The average molecular weight is 293 g/mol. The van der Waals surface area contributed by atoms with E-state index in [1.807, 2.05) is 31.0 Å². The zero-order valence-corrected chi connectivity index (χ0v) is 13.3. The molecule has 0 aliphatic rings. The van der Waals surface area contributed by atoms with Gasteiger partial charge in [0.15, 0.2) is 0 Å². The second-order valence-electron chi connectivity index (χ2n) is 5.25. The first-order valence-corrected chi connectivity index (χ1v) is 7.33. The number of nitrogens with zero attached hydrogens (tertiary/aromatic N) is 1. The Morgan fingerprint density at radius 1 is 1.43 bits per heavy atom. The number of carbonyl (C=O) groups is 1. The number of rotatable bonds is 9. The van der Waals surface area contributed by atoms with Gasteiger partial charge in [0.2, 0.25) is 5.91 Å². The van der Waals surface area contributed by atoms with E-state index < -0.39 is 0 Å². The van der Waals surface area contributed by atoms with Crippen molar-refractivity contribution in [3.05, 3.63) is 35.4 Å². The monoisotopic (exact) mass is 293 g/mol. The third kappa shape index (κ3) is 6.25. The van der Waals surface area contributed by atoms with E-state index >= 15 is 0 Å². The van der Waals surface area contributed by atoms with Crippen molar-refractivity contribution in [2.45, 2.75) is 32.5 Å². The van der Waals surface area contributed by atoms with Crippen LogP contribution in [0.2, 0.25) is 0 Å². The Labute approximate surface area is 127 Å². The molecular weight excluding hydrogens is 266 g/mol. The topological polar surface area (TPSA) is 67.6 Å². The number of nitrogens with one attached hydrogen (secondary N) is 1. The molecule has 0 radical (unpaired) electrons. The van der Waals surface area contributed by atoms with Crippen molar-refractivity contribution in [2.75, 3.05) is 27.3 Å². The molecule has 5 heteroatoms. The molecule has 1 rings (SSSR count). The summed E-state index contributed by atoms with van der Waals surface area (Å²) in [4.78, 5) is 14.1. The molecule has 0 spiro atoms. The zero-order chi connectivity index (χ0) is 15.7. The maximum atomic E-state index is 12.0. The summed E-state index contributed by atoms with van der Waals surface area (Å²) < 4.78 is 4.96. The molecule has 1 atom stereocenters. The Morgan fingerprint density at radius 3 is 2.81 bits per heavy atom. The van der Waals surface area contributed by atoms with Gasteiger partial charge in [0, 0.05) is 33.4 Å². The lowest BCUT2D eigenvalue weighted by atomic mass is 10.1. The van der Waals surface area contributed by atoms with Crippen LogP contribution in [0, 0.1) is 0 Å². The van der Waals surface area contributed by atoms with Crippen molar-refractivity contribution < 1.29 is 9.53 Å². The molecule has 0 bridgehead atoms. The Hall–Kier alpha value is -1.43. The van der Waals surface area contributed by atoms with E-state index in [2.05, 4.69) is 17.4 Å². The van der Waals surface area contributed by atoms with Crippen molar-refractivity contribution in [1.82, 2.24) is 10.2 Å². The molecule has 118 valence electrons. The molecule has 1 aromatic rings. The largest absolute Gasteiger partial charge is 0.385 e. The normalized spacial score (nSPS) is 12.4. The first-order valence-electron chi connectivity index (χ1n) is 7.33. The summed E-state index contributed by atoms with van der Waals surface area (Å²) >= 11 is 0. The van der Waals surface area contributed by atoms with E-state index in [1.165, 1.54) is 5.56 Å². The number of amides is 1. The maximum Gasteiger partial charge on any atom is 0.237 e. The van der Waals surface area contributed by atoms with Gasteiger partial charge in [-0.2, -0.15) is 0 Å². The predicted octanol–water partition coefficient (Wildman–Crippen LogP) is 1.12. The van der Waals surface area contributed by atoms with Gasteiger partial charge < -0.3 is 15.8 Å². The van der Waals surface area contributed by atoms with Crippen molar-refractivity contribution in [3.8, 4) is 0 Å². The second kappa shape index (κ2) is 9.50. The second-order valence-corrected chi connectivity index (χ2v) is 5.25. The van der Waals surface area contributed by atoms with Gasteiger partial charge in [-0.1, -0.05) is 24.3 Å². The minimum Gasteiger partial charge on any atom is -0.385 e. The summed E-state index contributed by atoms with van der Waals surface area (Å²) in [6, 6.07) is 7.98. The van der Waals surface area contributed by atoms with Gasteiger partial charge in [-0.25, -0.2) is 0 Å².